The Labute approximate surface area is 95.1 Å². The molecule has 5 heteroatoms. The summed E-state index contributed by atoms with van der Waals surface area (Å²) in [6.07, 6.45) is 1.90. The summed E-state index contributed by atoms with van der Waals surface area (Å²) in [7, 11) is 5.75. The number of rotatable bonds is 5. The fraction of sp³-hybridized carbons (Fsp3) is 0.700. The van der Waals surface area contributed by atoms with Gasteiger partial charge in [0.2, 0.25) is 0 Å². The van der Waals surface area contributed by atoms with E-state index in [1.807, 2.05) is 27.2 Å². The first-order valence-corrected chi connectivity index (χ1v) is 5.68. The number of nitrogens with two attached hydrogens (primary N) is 1. The van der Waals surface area contributed by atoms with Crippen LogP contribution in [0.25, 0.3) is 0 Å². The van der Waals surface area contributed by atoms with Gasteiger partial charge in [0.15, 0.2) is 0 Å². The first kappa shape index (κ1) is 12.6. The second-order valence-electron chi connectivity index (χ2n) is 4.01. The summed E-state index contributed by atoms with van der Waals surface area (Å²) in [6.45, 7) is 3.31. The van der Waals surface area contributed by atoms with Crippen molar-refractivity contribution in [1.82, 2.24) is 9.88 Å². The Kier molecular flexibility index (Phi) is 4.21. The van der Waals surface area contributed by atoms with E-state index in [2.05, 4.69) is 9.88 Å². The van der Waals surface area contributed by atoms with Crippen LogP contribution in [0, 0.1) is 0 Å². The summed E-state index contributed by atoms with van der Waals surface area (Å²) < 4.78 is 5.40. The molecule has 86 valence electrons. The third-order valence-corrected chi connectivity index (χ3v) is 3.55. The molecule has 1 atom stereocenters. The van der Waals surface area contributed by atoms with Gasteiger partial charge >= 0.3 is 0 Å². The van der Waals surface area contributed by atoms with E-state index >= 15 is 0 Å². The predicted octanol–water partition coefficient (Wildman–Crippen LogP) is 1.02. The van der Waals surface area contributed by atoms with E-state index in [-0.39, 0.29) is 0 Å². The summed E-state index contributed by atoms with van der Waals surface area (Å²) in [4.78, 5) is 7.71. The van der Waals surface area contributed by atoms with E-state index in [0.29, 0.717) is 6.54 Å². The van der Waals surface area contributed by atoms with E-state index in [9.17, 15) is 0 Å². The average molecular weight is 229 g/mol. The monoisotopic (exact) mass is 229 g/mol. The molecule has 1 aromatic rings. The van der Waals surface area contributed by atoms with E-state index in [1.165, 1.54) is 4.88 Å². The lowest BCUT2D eigenvalue weighted by atomic mass is 10.1. The molecular formula is C10H19N3OS. The van der Waals surface area contributed by atoms with Gasteiger partial charge in [-0.25, -0.2) is 4.98 Å². The van der Waals surface area contributed by atoms with Crippen LogP contribution in [-0.2, 0) is 16.9 Å². The molecule has 0 bridgehead atoms. The molecule has 4 nitrogen and oxygen atoms in total. The van der Waals surface area contributed by atoms with Crippen molar-refractivity contribution in [3.63, 3.8) is 0 Å². The number of aromatic nitrogens is 1. The lowest BCUT2D eigenvalue weighted by Crippen LogP contribution is -2.33. The van der Waals surface area contributed by atoms with Gasteiger partial charge in [0, 0.05) is 31.3 Å². The lowest BCUT2D eigenvalue weighted by molar-refractivity contribution is 0.00990. The lowest BCUT2D eigenvalue weighted by Gasteiger charge is -2.23. The van der Waals surface area contributed by atoms with Crippen molar-refractivity contribution in [1.29, 1.82) is 0 Å². The van der Waals surface area contributed by atoms with Crippen molar-refractivity contribution in [2.24, 2.45) is 5.73 Å². The first-order chi connectivity index (χ1) is 7.01. The Morgan fingerprint density at radius 3 is 2.73 bits per heavy atom. The highest BCUT2D eigenvalue weighted by Crippen LogP contribution is 2.27. The Morgan fingerprint density at radius 2 is 2.27 bits per heavy atom. The fourth-order valence-electron chi connectivity index (χ4n) is 1.19. The number of methoxy groups -OCH3 is 1. The number of thiazole rings is 1. The maximum Gasteiger partial charge on any atom is 0.128 e. The zero-order chi connectivity index (χ0) is 11.5. The van der Waals surface area contributed by atoms with Crippen LogP contribution in [0.4, 0.5) is 0 Å². The first-order valence-electron chi connectivity index (χ1n) is 4.87. The maximum atomic E-state index is 5.69. The Morgan fingerprint density at radius 1 is 1.60 bits per heavy atom. The maximum absolute atomic E-state index is 5.69. The van der Waals surface area contributed by atoms with Crippen LogP contribution in [0.2, 0.25) is 0 Å². The summed E-state index contributed by atoms with van der Waals surface area (Å²) >= 11 is 1.66. The van der Waals surface area contributed by atoms with Gasteiger partial charge in [-0.15, -0.1) is 11.3 Å². The number of nitrogens with zero attached hydrogens (tertiary/aromatic N) is 2. The van der Waals surface area contributed by atoms with Crippen molar-refractivity contribution in [3.05, 3.63) is 16.1 Å². The Balaban J connectivity index is 2.83. The van der Waals surface area contributed by atoms with Crippen molar-refractivity contribution in [2.45, 2.75) is 19.1 Å². The molecule has 0 aliphatic carbocycles. The molecule has 0 aliphatic heterocycles. The molecule has 0 radical (unpaired) electrons. The third kappa shape index (κ3) is 2.98. The summed E-state index contributed by atoms with van der Waals surface area (Å²) in [6, 6.07) is 0. The number of hydrogen-bond acceptors (Lipinski definition) is 5. The van der Waals surface area contributed by atoms with Crippen LogP contribution in [0.3, 0.4) is 0 Å². The van der Waals surface area contributed by atoms with Gasteiger partial charge < -0.3 is 15.4 Å². The Bertz CT molecular complexity index is 307. The molecule has 1 heterocycles. The van der Waals surface area contributed by atoms with Crippen LogP contribution in [-0.4, -0.2) is 37.6 Å². The second kappa shape index (κ2) is 5.03. The molecule has 0 amide bonds. The largest absolute Gasteiger partial charge is 0.370 e. The van der Waals surface area contributed by atoms with Gasteiger partial charge in [0.05, 0.1) is 0 Å². The van der Waals surface area contributed by atoms with E-state index in [4.69, 9.17) is 10.5 Å². The average Bonchev–Trinajstić information content (AvgIpc) is 2.64. The topological polar surface area (TPSA) is 51.4 Å². The minimum Gasteiger partial charge on any atom is -0.370 e. The number of ether oxygens (including phenoxy) is 1. The van der Waals surface area contributed by atoms with Crippen molar-refractivity contribution < 1.29 is 4.74 Å². The summed E-state index contributed by atoms with van der Waals surface area (Å²) in [5.41, 5.74) is 5.24. The van der Waals surface area contributed by atoms with Crippen LogP contribution in [0.1, 0.15) is 16.8 Å². The van der Waals surface area contributed by atoms with Gasteiger partial charge in [-0.1, -0.05) is 0 Å². The minimum absolute atomic E-state index is 0.443. The normalized spacial score (nSPS) is 15.6. The summed E-state index contributed by atoms with van der Waals surface area (Å²) in [5, 5.41) is 0.948. The summed E-state index contributed by atoms with van der Waals surface area (Å²) in [5.74, 6) is 0. The van der Waals surface area contributed by atoms with Crippen molar-refractivity contribution in [2.75, 3.05) is 27.7 Å². The highest BCUT2D eigenvalue weighted by Gasteiger charge is 2.27. The molecule has 0 saturated carbocycles. The van der Waals surface area contributed by atoms with Gasteiger partial charge in [-0.05, 0) is 21.0 Å². The van der Waals surface area contributed by atoms with Gasteiger partial charge in [-0.3, -0.25) is 0 Å². The fourth-order valence-corrected chi connectivity index (χ4v) is 2.36. The molecule has 0 saturated heterocycles. The molecule has 1 rings (SSSR count). The van der Waals surface area contributed by atoms with Crippen LogP contribution < -0.4 is 5.73 Å². The van der Waals surface area contributed by atoms with Crippen molar-refractivity contribution >= 4 is 11.3 Å². The molecular weight excluding hydrogens is 210 g/mol. The van der Waals surface area contributed by atoms with Gasteiger partial charge in [-0.2, -0.15) is 0 Å². The van der Waals surface area contributed by atoms with Crippen molar-refractivity contribution in [3.8, 4) is 0 Å². The van der Waals surface area contributed by atoms with E-state index in [1.54, 1.807) is 18.4 Å². The minimum atomic E-state index is -0.449. The quantitative estimate of drug-likeness (QED) is 0.819. The van der Waals surface area contributed by atoms with Crippen LogP contribution >= 0.6 is 11.3 Å². The van der Waals surface area contributed by atoms with E-state index < -0.39 is 5.60 Å². The molecule has 15 heavy (non-hydrogen) atoms. The van der Waals surface area contributed by atoms with Crippen LogP contribution in [0.15, 0.2) is 6.20 Å². The van der Waals surface area contributed by atoms with Gasteiger partial charge in [0.25, 0.3) is 0 Å². The molecule has 0 aliphatic rings. The second-order valence-corrected chi connectivity index (χ2v) is 5.12. The SMILES string of the molecule is COC(C)(CN)c1ncc(CN(C)C)s1. The zero-order valence-corrected chi connectivity index (χ0v) is 10.6. The zero-order valence-electron chi connectivity index (χ0n) is 9.78. The molecule has 1 aromatic heterocycles. The standard InChI is InChI=1S/C10H19N3OS/c1-10(7-11,14-4)9-12-5-8(15-9)6-13(2)3/h5H,6-7,11H2,1-4H3. The third-order valence-electron chi connectivity index (χ3n) is 2.32. The molecule has 1 unspecified atom stereocenters. The molecule has 2 N–H and O–H groups in total. The number of hydrogen-bond donors (Lipinski definition) is 1. The van der Waals surface area contributed by atoms with Gasteiger partial charge in [0.1, 0.15) is 10.6 Å². The van der Waals surface area contributed by atoms with E-state index in [0.717, 1.165) is 11.6 Å². The Hall–Kier alpha value is -0.490. The highest BCUT2D eigenvalue weighted by atomic mass is 32.1. The predicted molar refractivity (Wildman–Crippen MR) is 62.9 cm³/mol. The smallest absolute Gasteiger partial charge is 0.128 e. The molecule has 0 aromatic carbocycles. The molecule has 0 fully saturated rings. The highest BCUT2D eigenvalue weighted by molar-refractivity contribution is 7.11. The molecule has 0 spiro atoms. The van der Waals surface area contributed by atoms with Crippen LogP contribution in [0.5, 0.6) is 0 Å².